The first-order valence-corrected chi connectivity index (χ1v) is 7.57. The molecule has 0 aliphatic carbocycles. The van der Waals surface area contributed by atoms with Crippen LogP contribution >= 0.6 is 11.8 Å². The summed E-state index contributed by atoms with van der Waals surface area (Å²) in [5.74, 6) is -0.111. The van der Waals surface area contributed by atoms with Crippen LogP contribution in [0.25, 0.3) is 11.2 Å². The molecule has 1 saturated heterocycles. The summed E-state index contributed by atoms with van der Waals surface area (Å²) in [7, 11) is 0. The van der Waals surface area contributed by atoms with Crippen molar-refractivity contribution in [2.75, 3.05) is 12.9 Å². The standard InChI is InChI=1S/C11H13N5O5S/c1-22-11-13-8(15-20)5-9(14-11)16(3-12-5)10-7(19)6(18)4(2-17)21-10/h3-4,6-7,10,17-19H,2H2,1H3/t4-,6-,7-,10-/m1/s1. The van der Waals surface area contributed by atoms with Crippen LogP contribution in [0.2, 0.25) is 0 Å². The maximum atomic E-state index is 10.9. The van der Waals surface area contributed by atoms with Gasteiger partial charge in [-0.25, -0.2) is 9.97 Å². The van der Waals surface area contributed by atoms with Gasteiger partial charge in [-0.3, -0.25) is 4.57 Å². The number of nitroso groups, excluding NO2 is 1. The second-order valence-electron chi connectivity index (χ2n) is 4.68. The molecule has 22 heavy (non-hydrogen) atoms. The summed E-state index contributed by atoms with van der Waals surface area (Å²) < 4.78 is 6.82. The summed E-state index contributed by atoms with van der Waals surface area (Å²) in [6.07, 6.45) is -1.35. The third-order valence-corrected chi connectivity index (χ3v) is 3.99. The van der Waals surface area contributed by atoms with Crippen LogP contribution in [0.3, 0.4) is 0 Å². The molecule has 0 unspecified atom stereocenters. The largest absolute Gasteiger partial charge is 0.394 e. The summed E-state index contributed by atoms with van der Waals surface area (Å²) in [6, 6.07) is 0. The molecule has 1 aliphatic rings. The number of thioether (sulfide) groups is 1. The molecule has 10 nitrogen and oxygen atoms in total. The zero-order valence-electron chi connectivity index (χ0n) is 11.4. The van der Waals surface area contributed by atoms with Crippen LogP contribution in [-0.4, -0.2) is 66.0 Å². The Bertz CT molecular complexity index is 709. The van der Waals surface area contributed by atoms with Crippen molar-refractivity contribution in [1.82, 2.24) is 19.5 Å². The van der Waals surface area contributed by atoms with Crippen molar-refractivity contribution in [2.45, 2.75) is 29.7 Å². The second-order valence-corrected chi connectivity index (χ2v) is 5.45. The molecule has 0 bridgehead atoms. The van der Waals surface area contributed by atoms with Gasteiger partial charge < -0.3 is 20.1 Å². The highest BCUT2D eigenvalue weighted by Gasteiger charge is 2.44. The van der Waals surface area contributed by atoms with E-state index >= 15 is 0 Å². The number of rotatable bonds is 4. The van der Waals surface area contributed by atoms with Crippen LogP contribution in [-0.2, 0) is 4.74 Å². The van der Waals surface area contributed by atoms with Gasteiger partial charge in [0.05, 0.1) is 12.9 Å². The van der Waals surface area contributed by atoms with Crippen molar-refractivity contribution < 1.29 is 20.1 Å². The van der Waals surface area contributed by atoms with Gasteiger partial charge >= 0.3 is 0 Å². The molecule has 3 N–H and O–H groups in total. The Balaban J connectivity index is 2.10. The Morgan fingerprint density at radius 3 is 2.77 bits per heavy atom. The fraction of sp³-hybridized carbons (Fsp3) is 0.545. The number of aromatic nitrogens is 4. The third-order valence-electron chi connectivity index (χ3n) is 3.44. The highest BCUT2D eigenvalue weighted by molar-refractivity contribution is 7.98. The first-order valence-electron chi connectivity index (χ1n) is 6.35. The molecule has 0 radical (unpaired) electrons. The van der Waals surface area contributed by atoms with Crippen molar-refractivity contribution in [2.24, 2.45) is 5.18 Å². The van der Waals surface area contributed by atoms with Gasteiger partial charge in [0.15, 0.2) is 22.5 Å². The summed E-state index contributed by atoms with van der Waals surface area (Å²) in [5.41, 5.74) is 0.425. The van der Waals surface area contributed by atoms with Crippen molar-refractivity contribution in [3.05, 3.63) is 11.2 Å². The average molecular weight is 327 g/mol. The molecule has 0 spiro atoms. The highest BCUT2D eigenvalue weighted by atomic mass is 32.2. The Morgan fingerprint density at radius 1 is 1.41 bits per heavy atom. The van der Waals surface area contributed by atoms with Crippen molar-refractivity contribution >= 4 is 28.7 Å². The van der Waals surface area contributed by atoms with Gasteiger partial charge in [-0.05, 0) is 11.4 Å². The van der Waals surface area contributed by atoms with Crippen molar-refractivity contribution in [3.8, 4) is 0 Å². The van der Waals surface area contributed by atoms with Gasteiger partial charge in [-0.2, -0.15) is 4.98 Å². The summed E-state index contributed by atoms with van der Waals surface area (Å²) >= 11 is 1.22. The highest BCUT2D eigenvalue weighted by Crippen LogP contribution is 2.33. The Hall–Kier alpha value is -1.66. The van der Waals surface area contributed by atoms with Crippen molar-refractivity contribution in [1.29, 1.82) is 0 Å². The molecular formula is C11H13N5O5S. The maximum Gasteiger partial charge on any atom is 0.228 e. The van der Waals surface area contributed by atoms with E-state index < -0.39 is 31.1 Å². The Kier molecular flexibility index (Phi) is 4.06. The second kappa shape index (κ2) is 5.85. The SMILES string of the molecule is CSc1nc(N=O)c2ncn([C@@H]3O[C@H](CO)[C@@H](O)[C@H]3O)c2n1. The smallest absolute Gasteiger partial charge is 0.228 e. The lowest BCUT2D eigenvalue weighted by Crippen LogP contribution is -2.33. The van der Waals surface area contributed by atoms with E-state index in [0.717, 1.165) is 0 Å². The first-order chi connectivity index (χ1) is 10.6. The van der Waals surface area contributed by atoms with Crippen LogP contribution in [0.5, 0.6) is 0 Å². The minimum Gasteiger partial charge on any atom is -0.394 e. The summed E-state index contributed by atoms with van der Waals surface area (Å²) in [6.45, 7) is -0.437. The molecule has 2 aromatic heterocycles. The molecule has 4 atom stereocenters. The molecule has 118 valence electrons. The number of imidazole rings is 1. The quantitative estimate of drug-likeness (QED) is 0.386. The number of hydrogen-bond acceptors (Lipinski definition) is 10. The van der Waals surface area contributed by atoms with Crippen LogP contribution in [0.15, 0.2) is 16.7 Å². The molecule has 1 aliphatic heterocycles. The number of aliphatic hydroxyl groups excluding tert-OH is 3. The number of hydrogen-bond donors (Lipinski definition) is 3. The lowest BCUT2D eigenvalue weighted by molar-refractivity contribution is -0.0511. The van der Waals surface area contributed by atoms with Gasteiger partial charge in [-0.1, -0.05) is 11.8 Å². The predicted octanol–water partition coefficient (Wildman–Crippen LogP) is -0.442. The van der Waals surface area contributed by atoms with Gasteiger partial charge in [-0.15, -0.1) is 4.91 Å². The normalized spacial score (nSPS) is 28.4. The fourth-order valence-electron chi connectivity index (χ4n) is 2.33. The zero-order chi connectivity index (χ0) is 15.9. The van der Waals surface area contributed by atoms with E-state index in [9.17, 15) is 15.1 Å². The van der Waals surface area contributed by atoms with Gasteiger partial charge in [0.1, 0.15) is 18.3 Å². The molecule has 2 aromatic rings. The number of fused-ring (bicyclic) bond motifs is 1. The predicted molar refractivity (Wildman–Crippen MR) is 75.6 cm³/mol. The van der Waals surface area contributed by atoms with E-state index in [0.29, 0.717) is 5.16 Å². The van der Waals surface area contributed by atoms with Crippen LogP contribution in [0, 0.1) is 4.91 Å². The molecular weight excluding hydrogens is 314 g/mol. The van der Waals surface area contributed by atoms with Gasteiger partial charge in [0.2, 0.25) is 5.82 Å². The monoisotopic (exact) mass is 327 g/mol. The lowest BCUT2D eigenvalue weighted by atomic mass is 10.1. The minimum absolute atomic E-state index is 0.111. The lowest BCUT2D eigenvalue weighted by Gasteiger charge is -2.16. The number of nitrogens with zero attached hydrogens (tertiary/aromatic N) is 5. The average Bonchev–Trinajstić information content (AvgIpc) is 3.08. The van der Waals surface area contributed by atoms with E-state index in [1.807, 2.05) is 0 Å². The molecule has 0 aromatic carbocycles. The van der Waals surface area contributed by atoms with E-state index in [4.69, 9.17) is 9.84 Å². The number of aliphatic hydroxyl groups is 3. The molecule has 0 saturated carbocycles. The topological polar surface area (TPSA) is 143 Å². The molecule has 3 rings (SSSR count). The Labute approximate surface area is 128 Å². The summed E-state index contributed by atoms with van der Waals surface area (Å²) in [5, 5.41) is 32.2. The van der Waals surface area contributed by atoms with Gasteiger partial charge in [0.25, 0.3) is 0 Å². The number of ether oxygens (including phenoxy) is 1. The fourth-order valence-corrected chi connectivity index (χ4v) is 2.69. The van der Waals surface area contributed by atoms with Crippen LogP contribution < -0.4 is 0 Å². The van der Waals surface area contributed by atoms with Crippen LogP contribution in [0.4, 0.5) is 5.82 Å². The minimum atomic E-state index is -1.27. The van der Waals surface area contributed by atoms with E-state index in [2.05, 4.69) is 20.1 Å². The molecule has 3 heterocycles. The maximum absolute atomic E-state index is 10.9. The van der Waals surface area contributed by atoms with Gasteiger partial charge in [0, 0.05) is 0 Å². The first kappa shape index (κ1) is 15.2. The molecule has 1 fully saturated rings. The van der Waals surface area contributed by atoms with E-state index in [1.165, 1.54) is 22.7 Å². The molecule has 11 heteroatoms. The molecule has 0 amide bonds. The van der Waals surface area contributed by atoms with Crippen LogP contribution in [0.1, 0.15) is 6.23 Å². The van der Waals surface area contributed by atoms with Crippen molar-refractivity contribution in [3.63, 3.8) is 0 Å². The van der Waals surface area contributed by atoms with E-state index in [1.54, 1.807) is 6.26 Å². The third kappa shape index (κ3) is 2.27. The van der Waals surface area contributed by atoms with E-state index in [-0.39, 0.29) is 17.0 Å². The zero-order valence-corrected chi connectivity index (χ0v) is 12.2. The Morgan fingerprint density at radius 2 is 2.18 bits per heavy atom. The summed E-state index contributed by atoms with van der Waals surface area (Å²) in [4.78, 5) is 23.1.